The third kappa shape index (κ3) is 15.5. The second-order valence-electron chi connectivity index (χ2n) is 10.8. The third-order valence-corrected chi connectivity index (χ3v) is 14.5. The Balaban J connectivity index is 0.000000564. The summed E-state index contributed by atoms with van der Waals surface area (Å²) in [7, 11) is 0.525. The molecule has 0 bridgehead atoms. The molecule has 0 saturated heterocycles. The Bertz CT molecular complexity index is 833. The Morgan fingerprint density at radius 1 is 0.541 bits per heavy atom. The fourth-order valence-corrected chi connectivity index (χ4v) is 13.1. The summed E-state index contributed by atoms with van der Waals surface area (Å²) < 4.78 is 3.21. The monoisotopic (exact) mass is 740 g/mol. The molecule has 0 aromatic heterocycles. The maximum absolute atomic E-state index is 3.29. The first-order valence-corrected chi connectivity index (χ1v) is 22.4. The molecule has 0 atom stereocenters. The van der Waals surface area contributed by atoms with Gasteiger partial charge in [0.1, 0.15) is 0 Å². The van der Waals surface area contributed by atoms with E-state index >= 15 is 0 Å². The average molecular weight is 741 g/mol. The van der Waals surface area contributed by atoms with Gasteiger partial charge in [0.15, 0.2) is 0 Å². The van der Waals surface area contributed by atoms with E-state index in [9.17, 15) is 0 Å². The number of halogens is 1. The summed E-state index contributed by atoms with van der Waals surface area (Å²) in [5.74, 6) is 0. The molecule has 0 aliphatic rings. The van der Waals surface area contributed by atoms with E-state index in [1.807, 2.05) is 12.1 Å². The molecule has 0 spiro atoms. The van der Waals surface area contributed by atoms with Crippen LogP contribution in [0.5, 0.6) is 0 Å². The zero-order chi connectivity index (χ0) is 28.5. The fourth-order valence-electron chi connectivity index (χ4n) is 5.16. The molecule has 0 aliphatic carbocycles. The number of hydrogen-bond donors (Lipinski definition) is 0. The standard InChI is InChI=1S/C15H10.2C9H21P.HI.Rh/c1-2-15(13-9-5-3-6-10-13)14-11-7-4-8-12-14;2*1-7(2)10(8(3)4)9(5)6;;/h3-12H;2*7-9H,1-6H3;1H;/q;;;;+1/p-1. The summed E-state index contributed by atoms with van der Waals surface area (Å²) in [6.07, 6.45) is 0. The molecule has 4 heteroatoms. The zero-order valence-electron chi connectivity index (χ0n) is 25.3. The molecule has 0 fully saturated rings. The van der Waals surface area contributed by atoms with Crippen molar-refractivity contribution in [3.05, 3.63) is 77.5 Å². The Morgan fingerprint density at radius 2 is 0.811 bits per heavy atom. The Morgan fingerprint density at radius 3 is 1.00 bits per heavy atom. The van der Waals surface area contributed by atoms with Crippen molar-refractivity contribution in [2.45, 2.75) is 117 Å². The Hall–Kier alpha value is 0.0834. The van der Waals surface area contributed by atoms with Crippen LogP contribution in [0.15, 0.2) is 66.4 Å². The SMILES string of the molecule is CC(C)P(C(C)C)C(C)C.CC(C)P(C(C)C)C(C)C.[I][Rh]=[C]=C=C(c1ccccc1)c1ccccc1. The molecule has 0 saturated carbocycles. The van der Waals surface area contributed by atoms with Crippen molar-refractivity contribution < 1.29 is 13.2 Å². The van der Waals surface area contributed by atoms with Gasteiger partial charge in [-0.2, -0.15) is 0 Å². The minimum atomic E-state index is 0.262. The molecular formula is C33H52IP2Rh. The van der Waals surface area contributed by atoms with E-state index in [1.165, 1.54) is 11.1 Å². The van der Waals surface area contributed by atoms with E-state index in [4.69, 9.17) is 0 Å². The zero-order valence-corrected chi connectivity index (χ0v) is 30.9. The third-order valence-electron chi connectivity index (χ3n) is 5.90. The average Bonchev–Trinajstić information content (AvgIpc) is 2.80. The first-order valence-electron chi connectivity index (χ1n) is 13.6. The van der Waals surface area contributed by atoms with E-state index in [1.54, 1.807) is 0 Å². The van der Waals surface area contributed by atoms with E-state index < -0.39 is 0 Å². The van der Waals surface area contributed by atoms with Gasteiger partial charge in [-0.15, -0.1) is 0 Å². The van der Waals surface area contributed by atoms with Gasteiger partial charge in [0.2, 0.25) is 0 Å². The summed E-state index contributed by atoms with van der Waals surface area (Å²) >= 11 is 2.64. The van der Waals surface area contributed by atoms with Crippen molar-refractivity contribution >= 4 is 45.4 Å². The predicted octanol–water partition coefficient (Wildman–Crippen LogP) is 11.5. The summed E-state index contributed by atoms with van der Waals surface area (Å²) in [5, 5.41) is 0. The molecule has 210 valence electrons. The quantitative estimate of drug-likeness (QED) is 0.109. The Kier molecular flexibility index (Phi) is 21.0. The maximum atomic E-state index is 3.29. The van der Waals surface area contributed by atoms with E-state index in [0.29, 0.717) is 13.2 Å². The molecule has 0 unspecified atom stereocenters. The first kappa shape index (κ1) is 37.1. The van der Waals surface area contributed by atoms with E-state index in [0.717, 1.165) is 39.5 Å². The van der Waals surface area contributed by atoms with Crippen LogP contribution in [-0.2, 0) is 13.2 Å². The van der Waals surface area contributed by atoms with Crippen LogP contribution in [0.4, 0.5) is 0 Å². The van der Waals surface area contributed by atoms with Crippen LogP contribution in [0.1, 0.15) is 94.2 Å². The summed E-state index contributed by atoms with van der Waals surface area (Å²) in [6, 6.07) is 20.7. The Labute approximate surface area is 251 Å². The fraction of sp³-hybridized carbons (Fsp3) is 0.545. The van der Waals surface area contributed by atoms with Crippen LogP contribution >= 0.6 is 35.6 Å². The molecule has 0 radical (unpaired) electrons. The second-order valence-corrected chi connectivity index (χ2v) is 21.7. The summed E-state index contributed by atoms with van der Waals surface area (Å²) in [5.41, 5.74) is 12.2. The molecule has 37 heavy (non-hydrogen) atoms. The molecule has 0 N–H and O–H groups in total. The van der Waals surface area contributed by atoms with Crippen LogP contribution in [0.2, 0.25) is 0 Å². The first-order chi connectivity index (χ1) is 17.3. The molecule has 0 heterocycles. The van der Waals surface area contributed by atoms with Crippen LogP contribution < -0.4 is 0 Å². The van der Waals surface area contributed by atoms with Gasteiger partial charge in [-0.3, -0.25) is 0 Å². The van der Waals surface area contributed by atoms with E-state index in [-0.39, 0.29) is 15.8 Å². The topological polar surface area (TPSA) is 0 Å². The van der Waals surface area contributed by atoms with Gasteiger partial charge in [-0.05, 0) is 34.0 Å². The van der Waals surface area contributed by atoms with Gasteiger partial charge in [-0.1, -0.05) is 98.9 Å². The van der Waals surface area contributed by atoms with Gasteiger partial charge >= 0.3 is 120 Å². The molecule has 0 amide bonds. The van der Waals surface area contributed by atoms with Crippen LogP contribution in [0.3, 0.4) is 0 Å². The molecule has 2 rings (SSSR count). The van der Waals surface area contributed by atoms with Crippen LogP contribution in [0.25, 0.3) is 5.57 Å². The molecule has 2 aromatic carbocycles. The van der Waals surface area contributed by atoms with E-state index in [2.05, 4.69) is 161 Å². The van der Waals surface area contributed by atoms with Gasteiger partial charge < -0.3 is 0 Å². The molecular weight excluding hydrogens is 688 g/mol. The molecule has 0 nitrogen and oxygen atoms in total. The number of rotatable bonds is 8. The second kappa shape index (κ2) is 20.9. The predicted molar refractivity (Wildman–Crippen MR) is 183 cm³/mol. The number of hydrogen-bond acceptors (Lipinski definition) is 0. The van der Waals surface area contributed by atoms with Crippen molar-refractivity contribution in [3.63, 3.8) is 0 Å². The summed E-state index contributed by atoms with van der Waals surface area (Å²) in [4.78, 5) is 0. The summed E-state index contributed by atoms with van der Waals surface area (Å²) in [6.45, 7) is 28.2. The van der Waals surface area contributed by atoms with Crippen molar-refractivity contribution in [1.82, 2.24) is 0 Å². The normalized spacial score (nSPS) is 11.2. The van der Waals surface area contributed by atoms with Crippen molar-refractivity contribution in [2.24, 2.45) is 0 Å². The number of benzene rings is 2. The van der Waals surface area contributed by atoms with Crippen LogP contribution in [-0.4, -0.2) is 38.2 Å². The van der Waals surface area contributed by atoms with Gasteiger partial charge in [0.25, 0.3) is 0 Å². The van der Waals surface area contributed by atoms with Gasteiger partial charge in [-0.25, -0.2) is 0 Å². The van der Waals surface area contributed by atoms with Gasteiger partial charge in [0.05, 0.1) is 0 Å². The van der Waals surface area contributed by atoms with Crippen molar-refractivity contribution in [3.8, 4) is 0 Å². The van der Waals surface area contributed by atoms with Crippen LogP contribution in [0, 0.1) is 0 Å². The van der Waals surface area contributed by atoms with Crippen molar-refractivity contribution in [1.29, 1.82) is 0 Å². The minimum absolute atomic E-state index is 0.262. The molecule has 2 aromatic rings. The van der Waals surface area contributed by atoms with Crippen molar-refractivity contribution in [2.75, 3.05) is 0 Å². The molecule has 0 aliphatic heterocycles. The van der Waals surface area contributed by atoms with Gasteiger partial charge in [0, 0.05) is 0 Å².